The highest BCUT2D eigenvalue weighted by Crippen LogP contribution is 2.24. The van der Waals surface area contributed by atoms with Crippen molar-refractivity contribution < 1.29 is 9.53 Å². The molecular weight excluding hydrogens is 306 g/mol. The van der Waals surface area contributed by atoms with Crippen molar-refractivity contribution in [1.29, 1.82) is 0 Å². The molecule has 0 radical (unpaired) electrons. The third kappa shape index (κ3) is 3.50. The highest BCUT2D eigenvalue weighted by Gasteiger charge is 2.26. The molecule has 1 fully saturated rings. The van der Waals surface area contributed by atoms with Gasteiger partial charge < -0.3 is 20.3 Å². The van der Waals surface area contributed by atoms with Crippen LogP contribution in [-0.2, 0) is 4.74 Å². The number of aromatic nitrogens is 2. The second-order valence-corrected chi connectivity index (χ2v) is 6.91. The average molecular weight is 329 g/mol. The molecule has 2 heterocycles. The number of fused-ring (bicyclic) bond motifs is 1. The summed E-state index contributed by atoms with van der Waals surface area (Å²) in [7, 11) is 0. The van der Waals surface area contributed by atoms with Crippen molar-refractivity contribution in [3.63, 3.8) is 0 Å². The monoisotopic (exact) mass is 329 g/mol. The first-order valence-electron chi connectivity index (χ1n) is 8.06. The van der Waals surface area contributed by atoms with E-state index in [-0.39, 0.29) is 6.09 Å². The molecule has 2 N–H and O–H groups in total. The number of rotatable bonds is 1. The summed E-state index contributed by atoms with van der Waals surface area (Å²) < 4.78 is 5.43. The summed E-state index contributed by atoms with van der Waals surface area (Å²) in [6.07, 6.45) is 1.23. The molecule has 1 saturated heterocycles. The van der Waals surface area contributed by atoms with Crippen LogP contribution in [0, 0.1) is 0 Å². The van der Waals surface area contributed by atoms with Gasteiger partial charge in [-0.05, 0) is 39.0 Å². The lowest BCUT2D eigenvalue weighted by Crippen LogP contribution is -2.50. The second-order valence-electron chi connectivity index (χ2n) is 6.91. The summed E-state index contributed by atoms with van der Waals surface area (Å²) in [6.45, 7) is 8.42. The largest absolute Gasteiger partial charge is 0.444 e. The molecule has 7 nitrogen and oxygen atoms in total. The molecule has 1 aromatic carbocycles. The molecule has 0 saturated carbocycles. The molecule has 0 spiro atoms. The summed E-state index contributed by atoms with van der Waals surface area (Å²) in [4.78, 5) is 24.4. The van der Waals surface area contributed by atoms with Crippen LogP contribution in [0.2, 0.25) is 0 Å². The summed E-state index contributed by atoms with van der Waals surface area (Å²) in [5.74, 6) is 0.487. The fraction of sp³-hybridized carbons (Fsp3) is 0.471. The van der Waals surface area contributed by atoms with Crippen molar-refractivity contribution in [2.45, 2.75) is 26.4 Å². The molecule has 1 amide bonds. The van der Waals surface area contributed by atoms with E-state index in [1.807, 2.05) is 39.0 Å². The molecule has 0 atom stereocenters. The van der Waals surface area contributed by atoms with Crippen LogP contribution in [0.3, 0.4) is 0 Å². The van der Waals surface area contributed by atoms with Gasteiger partial charge in [0.2, 0.25) is 0 Å². The number of anilines is 2. The van der Waals surface area contributed by atoms with Crippen molar-refractivity contribution in [3.05, 3.63) is 24.5 Å². The minimum absolute atomic E-state index is 0.249. The van der Waals surface area contributed by atoms with Gasteiger partial charge in [0.25, 0.3) is 0 Å². The van der Waals surface area contributed by atoms with Gasteiger partial charge in [0.1, 0.15) is 17.7 Å². The quantitative estimate of drug-likeness (QED) is 0.864. The van der Waals surface area contributed by atoms with Crippen LogP contribution in [0.25, 0.3) is 10.9 Å². The number of hydrogen-bond donors (Lipinski definition) is 1. The normalized spacial score (nSPS) is 15.6. The van der Waals surface area contributed by atoms with Crippen LogP contribution in [0.5, 0.6) is 0 Å². The molecule has 1 aliphatic heterocycles. The number of nitrogens with zero attached hydrogens (tertiary/aromatic N) is 4. The van der Waals surface area contributed by atoms with Crippen molar-refractivity contribution in [3.8, 4) is 0 Å². The number of piperazine rings is 1. The molecule has 0 bridgehead atoms. The third-order valence-electron chi connectivity index (χ3n) is 3.95. The van der Waals surface area contributed by atoms with Crippen molar-refractivity contribution in [2.75, 3.05) is 36.8 Å². The molecule has 128 valence electrons. The van der Waals surface area contributed by atoms with E-state index in [4.69, 9.17) is 10.5 Å². The number of amides is 1. The van der Waals surface area contributed by atoms with Gasteiger partial charge >= 0.3 is 6.09 Å². The Morgan fingerprint density at radius 3 is 2.54 bits per heavy atom. The van der Waals surface area contributed by atoms with Gasteiger partial charge in [-0.3, -0.25) is 0 Å². The van der Waals surface area contributed by atoms with Crippen molar-refractivity contribution in [2.24, 2.45) is 0 Å². The minimum atomic E-state index is -0.466. The highest BCUT2D eigenvalue weighted by atomic mass is 16.6. The van der Waals surface area contributed by atoms with E-state index in [2.05, 4.69) is 14.9 Å². The fourth-order valence-corrected chi connectivity index (χ4v) is 2.74. The van der Waals surface area contributed by atoms with Crippen LogP contribution in [0.4, 0.5) is 16.3 Å². The Morgan fingerprint density at radius 1 is 1.17 bits per heavy atom. The Kier molecular flexibility index (Phi) is 4.17. The molecule has 24 heavy (non-hydrogen) atoms. The third-order valence-corrected chi connectivity index (χ3v) is 3.95. The Morgan fingerprint density at radius 2 is 1.88 bits per heavy atom. The van der Waals surface area contributed by atoms with Gasteiger partial charge in [-0.15, -0.1) is 0 Å². The zero-order chi connectivity index (χ0) is 17.3. The highest BCUT2D eigenvalue weighted by molar-refractivity contribution is 5.90. The van der Waals surface area contributed by atoms with Gasteiger partial charge in [0, 0.05) is 37.3 Å². The number of carbonyl (C=O) groups is 1. The standard InChI is InChI=1S/C17H23N5O2/c1-17(2,3)24-16(23)22-8-6-21(7-9-22)12-4-5-13-14(10-12)19-11-20-15(13)18/h4-5,10-11H,6-9H2,1-3H3,(H2,18,19,20). The number of nitrogen functional groups attached to an aromatic ring is 1. The smallest absolute Gasteiger partial charge is 0.410 e. The van der Waals surface area contributed by atoms with E-state index in [0.717, 1.165) is 29.7 Å². The summed E-state index contributed by atoms with van der Waals surface area (Å²) >= 11 is 0. The first-order valence-corrected chi connectivity index (χ1v) is 8.06. The maximum atomic E-state index is 12.1. The maximum absolute atomic E-state index is 12.1. The lowest BCUT2D eigenvalue weighted by atomic mass is 10.2. The van der Waals surface area contributed by atoms with Crippen LogP contribution in [0.15, 0.2) is 24.5 Å². The van der Waals surface area contributed by atoms with Gasteiger partial charge in [-0.25, -0.2) is 14.8 Å². The van der Waals surface area contributed by atoms with E-state index < -0.39 is 5.60 Å². The predicted octanol–water partition coefficient (Wildman–Crippen LogP) is 2.27. The fourth-order valence-electron chi connectivity index (χ4n) is 2.74. The number of hydrogen-bond acceptors (Lipinski definition) is 6. The number of benzene rings is 1. The van der Waals surface area contributed by atoms with E-state index in [0.29, 0.717) is 18.9 Å². The number of nitrogens with two attached hydrogens (primary N) is 1. The van der Waals surface area contributed by atoms with Gasteiger partial charge in [-0.2, -0.15) is 0 Å². The zero-order valence-corrected chi connectivity index (χ0v) is 14.3. The van der Waals surface area contributed by atoms with Crippen LogP contribution in [-0.4, -0.2) is 52.7 Å². The SMILES string of the molecule is CC(C)(C)OC(=O)N1CCN(c2ccc3c(N)ncnc3c2)CC1. The van der Waals surface area contributed by atoms with E-state index in [9.17, 15) is 4.79 Å². The Balaban J connectivity index is 1.68. The molecule has 1 aromatic heterocycles. The molecule has 1 aliphatic rings. The van der Waals surface area contributed by atoms with E-state index in [1.165, 1.54) is 6.33 Å². The summed E-state index contributed by atoms with van der Waals surface area (Å²) in [5, 5.41) is 0.855. The molecular formula is C17H23N5O2. The molecule has 7 heteroatoms. The summed E-state index contributed by atoms with van der Waals surface area (Å²) in [6, 6.07) is 5.97. The Bertz CT molecular complexity index is 748. The maximum Gasteiger partial charge on any atom is 0.410 e. The average Bonchev–Trinajstić information content (AvgIpc) is 2.53. The first kappa shape index (κ1) is 16.3. The number of carbonyl (C=O) groups excluding carboxylic acids is 1. The molecule has 3 rings (SSSR count). The van der Waals surface area contributed by atoms with E-state index in [1.54, 1.807) is 4.90 Å². The zero-order valence-electron chi connectivity index (χ0n) is 14.3. The van der Waals surface area contributed by atoms with Crippen molar-refractivity contribution >= 4 is 28.5 Å². The van der Waals surface area contributed by atoms with Crippen LogP contribution >= 0.6 is 0 Å². The molecule has 0 unspecified atom stereocenters. The van der Waals surface area contributed by atoms with Crippen molar-refractivity contribution in [1.82, 2.24) is 14.9 Å². The van der Waals surface area contributed by atoms with E-state index >= 15 is 0 Å². The number of ether oxygens (including phenoxy) is 1. The van der Waals surface area contributed by atoms with Crippen LogP contribution < -0.4 is 10.6 Å². The van der Waals surface area contributed by atoms with Gasteiger partial charge in [0.15, 0.2) is 0 Å². The van der Waals surface area contributed by atoms with Gasteiger partial charge in [-0.1, -0.05) is 0 Å². The molecule has 2 aromatic rings. The lowest BCUT2D eigenvalue weighted by Gasteiger charge is -2.36. The first-order chi connectivity index (χ1) is 11.3. The topological polar surface area (TPSA) is 84.6 Å². The minimum Gasteiger partial charge on any atom is -0.444 e. The summed E-state index contributed by atoms with van der Waals surface area (Å²) in [5.41, 5.74) is 7.30. The lowest BCUT2D eigenvalue weighted by molar-refractivity contribution is 0.0240. The molecule has 0 aliphatic carbocycles. The Labute approximate surface area is 141 Å². The van der Waals surface area contributed by atoms with Crippen LogP contribution in [0.1, 0.15) is 20.8 Å². The second kappa shape index (κ2) is 6.14. The Hall–Kier alpha value is -2.57. The predicted molar refractivity (Wildman–Crippen MR) is 94.0 cm³/mol. The van der Waals surface area contributed by atoms with Gasteiger partial charge in [0.05, 0.1) is 5.52 Å².